The molecule has 0 aromatic heterocycles. The molecule has 1 atom stereocenters. The minimum absolute atomic E-state index is 0.0885. The SMILES string of the molecule is COc1ccc(/C(O)=C2\C(=O)C(=O)N(c3cc(F)ccc3F)C2c2ccc(F)cc2)cc1Cl. The number of anilines is 1. The van der Waals surface area contributed by atoms with E-state index in [1.54, 1.807) is 0 Å². The molecule has 0 bridgehead atoms. The Bertz CT molecular complexity index is 1310. The number of nitrogens with zero attached hydrogens (tertiary/aromatic N) is 1. The van der Waals surface area contributed by atoms with Crippen molar-refractivity contribution in [1.29, 1.82) is 0 Å². The minimum atomic E-state index is -1.36. The van der Waals surface area contributed by atoms with Crippen LogP contribution in [0.1, 0.15) is 17.2 Å². The van der Waals surface area contributed by atoms with E-state index in [0.29, 0.717) is 5.75 Å². The van der Waals surface area contributed by atoms with Gasteiger partial charge in [-0.3, -0.25) is 14.5 Å². The average Bonchev–Trinajstić information content (AvgIpc) is 3.06. The molecule has 3 aromatic rings. The lowest BCUT2D eigenvalue weighted by Gasteiger charge is -2.25. The van der Waals surface area contributed by atoms with Crippen LogP contribution in [0.3, 0.4) is 0 Å². The second-order valence-corrected chi connectivity index (χ2v) is 7.57. The van der Waals surface area contributed by atoms with Crippen molar-refractivity contribution in [3.05, 3.63) is 99.8 Å². The van der Waals surface area contributed by atoms with Gasteiger partial charge in [-0.25, -0.2) is 13.2 Å². The van der Waals surface area contributed by atoms with Gasteiger partial charge in [0, 0.05) is 11.6 Å². The van der Waals surface area contributed by atoms with Crippen molar-refractivity contribution in [2.45, 2.75) is 6.04 Å². The molecule has 5 nitrogen and oxygen atoms in total. The van der Waals surface area contributed by atoms with Crippen LogP contribution in [0, 0.1) is 17.5 Å². The molecular formula is C24H15ClF3NO4. The highest BCUT2D eigenvalue weighted by atomic mass is 35.5. The Morgan fingerprint density at radius 2 is 1.64 bits per heavy atom. The molecule has 1 aliphatic heterocycles. The van der Waals surface area contributed by atoms with Gasteiger partial charge < -0.3 is 9.84 Å². The quantitative estimate of drug-likeness (QED) is 0.313. The molecule has 1 fully saturated rings. The van der Waals surface area contributed by atoms with Crippen LogP contribution in [0.2, 0.25) is 5.02 Å². The molecule has 9 heteroatoms. The monoisotopic (exact) mass is 473 g/mol. The van der Waals surface area contributed by atoms with Gasteiger partial charge in [0.15, 0.2) is 0 Å². The zero-order valence-corrected chi connectivity index (χ0v) is 17.7. The number of aliphatic hydroxyl groups is 1. The van der Waals surface area contributed by atoms with Crippen molar-refractivity contribution >= 4 is 34.7 Å². The van der Waals surface area contributed by atoms with E-state index in [1.165, 1.54) is 37.4 Å². The predicted octanol–water partition coefficient (Wildman–Crippen LogP) is 5.39. The molecule has 0 spiro atoms. The van der Waals surface area contributed by atoms with Crippen LogP contribution in [0.15, 0.2) is 66.2 Å². The minimum Gasteiger partial charge on any atom is -0.507 e. The van der Waals surface area contributed by atoms with Gasteiger partial charge in [0.05, 0.1) is 29.4 Å². The molecule has 33 heavy (non-hydrogen) atoms. The highest BCUT2D eigenvalue weighted by Gasteiger charge is 2.47. The molecule has 0 radical (unpaired) electrons. The molecule has 1 amide bonds. The largest absolute Gasteiger partial charge is 0.507 e. The Kier molecular flexibility index (Phi) is 5.86. The highest BCUT2D eigenvalue weighted by molar-refractivity contribution is 6.51. The summed E-state index contributed by atoms with van der Waals surface area (Å²) in [5.41, 5.74) is -0.610. The molecule has 4 rings (SSSR count). The van der Waals surface area contributed by atoms with Crippen LogP contribution in [-0.2, 0) is 9.59 Å². The Morgan fingerprint density at radius 1 is 0.970 bits per heavy atom. The summed E-state index contributed by atoms with van der Waals surface area (Å²) < 4.78 is 47.2. The van der Waals surface area contributed by atoms with Crippen LogP contribution >= 0.6 is 11.6 Å². The van der Waals surface area contributed by atoms with Crippen LogP contribution in [0.4, 0.5) is 18.9 Å². The van der Waals surface area contributed by atoms with Gasteiger partial charge in [-0.05, 0) is 48.0 Å². The van der Waals surface area contributed by atoms with Crippen molar-refractivity contribution in [3.63, 3.8) is 0 Å². The van der Waals surface area contributed by atoms with Crippen molar-refractivity contribution < 1.29 is 32.6 Å². The third-order valence-electron chi connectivity index (χ3n) is 5.22. The van der Waals surface area contributed by atoms with E-state index < -0.39 is 52.2 Å². The van der Waals surface area contributed by atoms with Crippen LogP contribution < -0.4 is 9.64 Å². The standard InChI is InChI=1S/C24H15ClF3NO4/c1-33-19-9-4-13(10-16(19)25)22(30)20-21(12-2-5-14(26)6-3-12)29(24(32)23(20)31)18-11-15(27)7-8-17(18)28/h2-11,21,30H,1H3/b22-20+. The number of hydrogen-bond acceptors (Lipinski definition) is 4. The Morgan fingerprint density at radius 3 is 2.27 bits per heavy atom. The first-order chi connectivity index (χ1) is 15.7. The lowest BCUT2D eigenvalue weighted by Crippen LogP contribution is -2.30. The third-order valence-corrected chi connectivity index (χ3v) is 5.52. The van der Waals surface area contributed by atoms with Crippen molar-refractivity contribution in [2.75, 3.05) is 12.0 Å². The molecule has 1 heterocycles. The number of benzene rings is 3. The topological polar surface area (TPSA) is 66.8 Å². The highest BCUT2D eigenvalue weighted by Crippen LogP contribution is 2.43. The summed E-state index contributed by atoms with van der Waals surface area (Å²) in [4.78, 5) is 26.7. The number of rotatable bonds is 4. The maximum Gasteiger partial charge on any atom is 0.300 e. The fourth-order valence-corrected chi connectivity index (χ4v) is 3.94. The van der Waals surface area contributed by atoms with E-state index in [0.717, 1.165) is 35.2 Å². The fraction of sp³-hybridized carbons (Fsp3) is 0.0833. The summed E-state index contributed by atoms with van der Waals surface area (Å²) in [5, 5.41) is 11.1. The lowest BCUT2D eigenvalue weighted by molar-refractivity contribution is -0.132. The van der Waals surface area contributed by atoms with Crippen molar-refractivity contribution in [3.8, 4) is 5.75 Å². The van der Waals surface area contributed by atoms with E-state index in [4.69, 9.17) is 16.3 Å². The van der Waals surface area contributed by atoms with Gasteiger partial charge in [0.1, 0.15) is 29.0 Å². The van der Waals surface area contributed by atoms with Gasteiger partial charge in [0.25, 0.3) is 11.7 Å². The van der Waals surface area contributed by atoms with Crippen LogP contribution in [-0.4, -0.2) is 23.9 Å². The number of ketones is 1. The number of aliphatic hydroxyl groups excluding tert-OH is 1. The van der Waals surface area contributed by atoms with Gasteiger partial charge in [0.2, 0.25) is 0 Å². The zero-order valence-electron chi connectivity index (χ0n) is 17.0. The predicted molar refractivity (Wildman–Crippen MR) is 116 cm³/mol. The fourth-order valence-electron chi connectivity index (χ4n) is 3.68. The molecule has 1 aliphatic rings. The van der Waals surface area contributed by atoms with Gasteiger partial charge in [-0.15, -0.1) is 0 Å². The molecule has 0 saturated carbocycles. The smallest absolute Gasteiger partial charge is 0.300 e. The maximum atomic E-state index is 14.6. The van der Waals surface area contributed by atoms with Gasteiger partial charge in [-0.2, -0.15) is 0 Å². The molecular weight excluding hydrogens is 459 g/mol. The first-order valence-corrected chi connectivity index (χ1v) is 9.96. The summed E-state index contributed by atoms with van der Waals surface area (Å²) in [5.74, 6) is -4.98. The Labute approximate surface area is 191 Å². The Balaban J connectivity index is 1.97. The number of ether oxygens (including phenoxy) is 1. The summed E-state index contributed by atoms with van der Waals surface area (Å²) in [6.45, 7) is 0. The molecule has 1 unspecified atom stereocenters. The maximum absolute atomic E-state index is 14.6. The summed E-state index contributed by atoms with van der Waals surface area (Å²) in [6.07, 6.45) is 0. The number of carbonyl (C=O) groups excluding carboxylic acids is 2. The second-order valence-electron chi connectivity index (χ2n) is 7.17. The first kappa shape index (κ1) is 22.4. The number of Topliss-reactive ketones (excluding diaryl/α,β-unsaturated/α-hetero) is 1. The number of halogens is 4. The Hall–Kier alpha value is -3.78. The normalized spacial score (nSPS) is 17.5. The van der Waals surface area contributed by atoms with Crippen LogP contribution in [0.5, 0.6) is 5.75 Å². The number of carbonyl (C=O) groups is 2. The average molecular weight is 474 g/mol. The second kappa shape index (κ2) is 8.63. The molecule has 1 N–H and O–H groups in total. The zero-order chi connectivity index (χ0) is 23.9. The van der Waals surface area contributed by atoms with E-state index in [9.17, 15) is 27.9 Å². The number of hydrogen-bond donors (Lipinski definition) is 1. The van der Waals surface area contributed by atoms with Gasteiger partial charge >= 0.3 is 0 Å². The van der Waals surface area contributed by atoms with Crippen molar-refractivity contribution in [1.82, 2.24) is 0 Å². The molecule has 0 aliphatic carbocycles. The van der Waals surface area contributed by atoms with Gasteiger partial charge in [-0.1, -0.05) is 23.7 Å². The van der Waals surface area contributed by atoms with E-state index in [2.05, 4.69) is 0 Å². The summed E-state index contributed by atoms with van der Waals surface area (Å²) in [6, 6.07) is 10.0. The molecule has 3 aromatic carbocycles. The van der Waals surface area contributed by atoms with Crippen LogP contribution in [0.25, 0.3) is 5.76 Å². The molecule has 1 saturated heterocycles. The molecule has 168 valence electrons. The van der Waals surface area contributed by atoms with E-state index in [1.807, 2.05) is 0 Å². The first-order valence-electron chi connectivity index (χ1n) is 9.58. The lowest BCUT2D eigenvalue weighted by atomic mass is 9.95. The number of methoxy groups -OCH3 is 1. The van der Waals surface area contributed by atoms with Crippen molar-refractivity contribution in [2.24, 2.45) is 0 Å². The van der Waals surface area contributed by atoms with E-state index in [-0.39, 0.29) is 16.1 Å². The third kappa shape index (κ3) is 3.93. The van der Waals surface area contributed by atoms with E-state index >= 15 is 0 Å². The summed E-state index contributed by atoms with van der Waals surface area (Å²) >= 11 is 6.12. The number of amides is 1. The summed E-state index contributed by atoms with van der Waals surface area (Å²) in [7, 11) is 1.40.